The Hall–Kier alpha value is -5.00. The molecular formula is C28H24F2N6O4. The fraction of sp³-hybridized carbons (Fsp3) is 0.214. The van der Waals surface area contributed by atoms with Crippen LogP contribution in [0.2, 0.25) is 0 Å². The maximum Gasteiger partial charge on any atom is 0.338 e. The normalized spacial score (nSPS) is 14.0. The highest BCUT2D eigenvalue weighted by atomic mass is 19.2. The fourth-order valence-corrected chi connectivity index (χ4v) is 4.71. The Labute approximate surface area is 227 Å². The van der Waals surface area contributed by atoms with Gasteiger partial charge in [0, 0.05) is 12.6 Å². The molecule has 0 bridgehead atoms. The van der Waals surface area contributed by atoms with Crippen molar-refractivity contribution in [3.8, 4) is 0 Å². The van der Waals surface area contributed by atoms with Gasteiger partial charge in [-0.25, -0.2) is 18.6 Å². The van der Waals surface area contributed by atoms with Gasteiger partial charge in [0.1, 0.15) is 24.3 Å². The van der Waals surface area contributed by atoms with Crippen LogP contribution in [0.15, 0.2) is 55.4 Å². The van der Waals surface area contributed by atoms with Gasteiger partial charge in [-0.1, -0.05) is 24.8 Å². The molecule has 0 saturated carbocycles. The third-order valence-electron chi connectivity index (χ3n) is 6.70. The molecule has 0 radical (unpaired) electrons. The molecule has 40 heavy (non-hydrogen) atoms. The summed E-state index contributed by atoms with van der Waals surface area (Å²) in [5, 5.41) is 9.62. The molecule has 0 aliphatic heterocycles. The zero-order chi connectivity index (χ0) is 28.4. The predicted octanol–water partition coefficient (Wildman–Crippen LogP) is 3.40. The smallest absolute Gasteiger partial charge is 0.338 e. The molecule has 4 aromatic rings. The van der Waals surface area contributed by atoms with Gasteiger partial charge >= 0.3 is 5.97 Å². The SMILES string of the molecule is C=CCOC(=O)c1ccc2c(c1C)CC[C@@H]2NC(=O)c1cc(C(=O)NCc2ccc(F)c(F)c2)nc2ncnn12. The van der Waals surface area contributed by atoms with Gasteiger partial charge < -0.3 is 15.4 Å². The molecule has 2 aromatic heterocycles. The minimum Gasteiger partial charge on any atom is -0.458 e. The number of amides is 2. The van der Waals surface area contributed by atoms with Gasteiger partial charge in [-0.3, -0.25) is 9.59 Å². The van der Waals surface area contributed by atoms with Gasteiger partial charge in [0.2, 0.25) is 0 Å². The highest BCUT2D eigenvalue weighted by Crippen LogP contribution is 2.35. The first-order valence-electron chi connectivity index (χ1n) is 12.4. The van der Waals surface area contributed by atoms with Crippen molar-refractivity contribution < 1.29 is 27.9 Å². The van der Waals surface area contributed by atoms with Crippen LogP contribution in [-0.4, -0.2) is 44.0 Å². The molecular weight excluding hydrogens is 522 g/mol. The molecule has 1 aliphatic rings. The summed E-state index contributed by atoms with van der Waals surface area (Å²) in [7, 11) is 0. The summed E-state index contributed by atoms with van der Waals surface area (Å²) in [6.45, 7) is 5.42. The lowest BCUT2D eigenvalue weighted by Gasteiger charge is -2.16. The number of rotatable bonds is 8. The van der Waals surface area contributed by atoms with Crippen molar-refractivity contribution >= 4 is 23.6 Å². The molecule has 5 rings (SSSR count). The number of nitrogens with one attached hydrogen (secondary N) is 2. The number of hydrogen-bond acceptors (Lipinski definition) is 7. The van der Waals surface area contributed by atoms with Gasteiger partial charge in [-0.05, 0) is 60.2 Å². The summed E-state index contributed by atoms with van der Waals surface area (Å²) in [5.41, 5.74) is 3.40. The van der Waals surface area contributed by atoms with Gasteiger partial charge in [-0.2, -0.15) is 14.6 Å². The molecule has 2 heterocycles. The second-order valence-corrected chi connectivity index (χ2v) is 9.19. The van der Waals surface area contributed by atoms with Crippen LogP contribution in [-0.2, 0) is 17.7 Å². The predicted molar refractivity (Wildman–Crippen MR) is 138 cm³/mol. The van der Waals surface area contributed by atoms with E-state index < -0.39 is 29.4 Å². The number of carbonyl (C=O) groups is 3. The van der Waals surface area contributed by atoms with Crippen molar-refractivity contribution in [1.82, 2.24) is 30.2 Å². The molecule has 2 amide bonds. The Morgan fingerprint density at radius 1 is 1.15 bits per heavy atom. The first-order chi connectivity index (χ1) is 19.3. The summed E-state index contributed by atoms with van der Waals surface area (Å²) in [4.78, 5) is 46.8. The fourth-order valence-electron chi connectivity index (χ4n) is 4.71. The third kappa shape index (κ3) is 5.15. The molecule has 204 valence electrons. The van der Waals surface area contributed by atoms with E-state index in [1.54, 1.807) is 12.1 Å². The number of benzene rings is 2. The molecule has 1 atom stereocenters. The summed E-state index contributed by atoms with van der Waals surface area (Å²) < 4.78 is 33.1. The first-order valence-corrected chi connectivity index (χ1v) is 12.4. The Kier molecular flexibility index (Phi) is 7.32. The monoisotopic (exact) mass is 546 g/mol. The van der Waals surface area contributed by atoms with Crippen molar-refractivity contribution in [2.45, 2.75) is 32.4 Å². The Morgan fingerprint density at radius 2 is 1.98 bits per heavy atom. The van der Waals surface area contributed by atoms with Crippen molar-refractivity contribution in [2.75, 3.05) is 6.61 Å². The lowest BCUT2D eigenvalue weighted by Crippen LogP contribution is -2.30. The Morgan fingerprint density at radius 3 is 2.75 bits per heavy atom. The van der Waals surface area contributed by atoms with Crippen molar-refractivity contribution in [3.05, 3.63) is 106 Å². The van der Waals surface area contributed by atoms with Crippen molar-refractivity contribution in [2.24, 2.45) is 0 Å². The molecule has 12 heteroatoms. The second kappa shape index (κ2) is 11.0. The zero-order valence-corrected chi connectivity index (χ0v) is 21.4. The van der Waals surface area contributed by atoms with Crippen LogP contribution >= 0.6 is 0 Å². The van der Waals surface area contributed by atoms with E-state index in [4.69, 9.17) is 4.74 Å². The molecule has 2 aromatic carbocycles. The number of nitrogens with zero attached hydrogens (tertiary/aromatic N) is 4. The number of halogens is 2. The van der Waals surface area contributed by atoms with Crippen LogP contribution in [0, 0.1) is 18.6 Å². The topological polar surface area (TPSA) is 128 Å². The van der Waals surface area contributed by atoms with Crippen LogP contribution in [0.4, 0.5) is 8.78 Å². The maximum atomic E-state index is 13.5. The van der Waals surface area contributed by atoms with Crippen LogP contribution in [0.1, 0.15) is 66.1 Å². The Balaban J connectivity index is 1.35. The number of hydrogen-bond donors (Lipinski definition) is 2. The lowest BCUT2D eigenvalue weighted by atomic mass is 9.98. The highest BCUT2D eigenvalue weighted by Gasteiger charge is 2.29. The van der Waals surface area contributed by atoms with Crippen molar-refractivity contribution in [3.63, 3.8) is 0 Å². The summed E-state index contributed by atoms with van der Waals surface area (Å²) in [6, 6.07) is 7.74. The van der Waals surface area contributed by atoms with Gasteiger partial charge in [0.05, 0.1) is 11.6 Å². The molecule has 1 aliphatic carbocycles. The minimum atomic E-state index is -1.03. The molecule has 0 saturated heterocycles. The Bertz CT molecular complexity index is 1670. The minimum absolute atomic E-state index is 0.0373. The summed E-state index contributed by atoms with van der Waals surface area (Å²) in [5.74, 6) is -3.55. The zero-order valence-electron chi connectivity index (χ0n) is 21.4. The number of ether oxygens (including phenoxy) is 1. The average molecular weight is 547 g/mol. The van der Waals surface area contributed by atoms with Crippen LogP contribution in [0.3, 0.4) is 0 Å². The summed E-state index contributed by atoms with van der Waals surface area (Å²) >= 11 is 0. The van der Waals surface area contributed by atoms with E-state index in [0.29, 0.717) is 24.0 Å². The van der Waals surface area contributed by atoms with Crippen molar-refractivity contribution in [1.29, 1.82) is 0 Å². The van der Waals surface area contributed by atoms with Gasteiger partial charge in [0.15, 0.2) is 11.6 Å². The number of fused-ring (bicyclic) bond motifs is 2. The summed E-state index contributed by atoms with van der Waals surface area (Å²) in [6.07, 6.45) is 3.98. The van der Waals surface area contributed by atoms with E-state index >= 15 is 0 Å². The average Bonchev–Trinajstić information content (AvgIpc) is 3.59. The van der Waals surface area contributed by atoms with E-state index in [9.17, 15) is 23.2 Å². The van der Waals surface area contributed by atoms with E-state index in [-0.39, 0.29) is 36.4 Å². The number of carbonyl (C=O) groups excluding carboxylic acids is 3. The van der Waals surface area contributed by atoms with E-state index in [2.05, 4.69) is 32.3 Å². The van der Waals surface area contributed by atoms with Crippen LogP contribution in [0.25, 0.3) is 5.78 Å². The standard InChI is InChI=1S/C28H24F2N6O4/c1-3-10-40-27(39)18-5-6-19-17(15(18)2)7-9-22(19)34-26(38)24-12-23(35-28-32-14-33-36(24)28)25(37)31-13-16-4-8-20(29)21(30)11-16/h3-6,8,11-12,14,22H,1,7,9-10,13H2,2H3,(H,31,37)(H,34,38)/t22-/m0/s1. The number of esters is 1. The quantitative estimate of drug-likeness (QED) is 0.256. The van der Waals surface area contributed by atoms with E-state index in [1.165, 1.54) is 29.1 Å². The van der Waals surface area contributed by atoms with E-state index in [1.807, 2.05) is 6.92 Å². The molecule has 0 unspecified atom stereocenters. The first kappa shape index (κ1) is 26.6. The van der Waals surface area contributed by atoms with E-state index in [0.717, 1.165) is 28.8 Å². The molecule has 0 fully saturated rings. The lowest BCUT2D eigenvalue weighted by molar-refractivity contribution is 0.0548. The largest absolute Gasteiger partial charge is 0.458 e. The maximum absolute atomic E-state index is 13.5. The highest BCUT2D eigenvalue weighted by molar-refractivity contribution is 5.98. The van der Waals surface area contributed by atoms with Crippen LogP contribution in [0.5, 0.6) is 0 Å². The van der Waals surface area contributed by atoms with Gasteiger partial charge in [-0.15, -0.1) is 0 Å². The molecule has 0 spiro atoms. The van der Waals surface area contributed by atoms with Crippen LogP contribution < -0.4 is 10.6 Å². The second-order valence-electron chi connectivity index (χ2n) is 9.19. The number of aromatic nitrogens is 4. The third-order valence-corrected chi connectivity index (χ3v) is 6.70. The molecule has 10 nitrogen and oxygen atoms in total. The molecule has 2 N–H and O–H groups in total. The van der Waals surface area contributed by atoms with Gasteiger partial charge in [0.25, 0.3) is 17.6 Å².